The SMILES string of the molecule is CN(C)C(=O)CC[C@H](NC(=O)OCc1ccccc1)C(=O)N[C@@H](CCCCN)C(=O)C(=O)NCc1ccccc1. The highest BCUT2D eigenvalue weighted by Gasteiger charge is 2.30. The van der Waals surface area contributed by atoms with Crippen molar-refractivity contribution >= 4 is 29.6 Å². The van der Waals surface area contributed by atoms with E-state index in [1.807, 2.05) is 36.4 Å². The van der Waals surface area contributed by atoms with Crippen LogP contribution in [0.5, 0.6) is 0 Å². The Labute approximate surface area is 234 Å². The number of carbonyl (C=O) groups excluding carboxylic acids is 5. The van der Waals surface area contributed by atoms with Crippen LogP contribution in [-0.2, 0) is 37.1 Å². The van der Waals surface area contributed by atoms with E-state index in [1.54, 1.807) is 38.4 Å². The summed E-state index contributed by atoms with van der Waals surface area (Å²) in [6, 6.07) is 15.8. The van der Waals surface area contributed by atoms with Crippen molar-refractivity contribution < 1.29 is 28.7 Å². The van der Waals surface area contributed by atoms with Crippen LogP contribution in [0.2, 0.25) is 0 Å². The van der Waals surface area contributed by atoms with Gasteiger partial charge in [0.2, 0.25) is 17.6 Å². The van der Waals surface area contributed by atoms with Crippen molar-refractivity contribution in [3.8, 4) is 0 Å². The second-order valence-corrected chi connectivity index (χ2v) is 9.46. The molecule has 0 fully saturated rings. The number of nitrogens with two attached hydrogens (primary N) is 1. The molecule has 11 nitrogen and oxygen atoms in total. The molecule has 2 aromatic rings. The largest absolute Gasteiger partial charge is 0.445 e. The Balaban J connectivity index is 2.09. The van der Waals surface area contributed by atoms with Crippen LogP contribution in [0.25, 0.3) is 0 Å². The number of Topliss-reactive ketones (excluding diaryl/α,β-unsaturated/α-hetero) is 1. The van der Waals surface area contributed by atoms with Crippen molar-refractivity contribution in [1.29, 1.82) is 0 Å². The van der Waals surface area contributed by atoms with Crippen LogP contribution in [0.4, 0.5) is 4.79 Å². The number of hydrogen-bond donors (Lipinski definition) is 4. The van der Waals surface area contributed by atoms with Crippen molar-refractivity contribution in [2.45, 2.75) is 57.3 Å². The minimum atomic E-state index is -1.18. The molecule has 40 heavy (non-hydrogen) atoms. The van der Waals surface area contributed by atoms with Gasteiger partial charge in [0.25, 0.3) is 5.91 Å². The third-order valence-electron chi connectivity index (χ3n) is 6.07. The Bertz CT molecular complexity index is 1110. The van der Waals surface area contributed by atoms with Crippen molar-refractivity contribution in [3.63, 3.8) is 0 Å². The van der Waals surface area contributed by atoms with E-state index < -0.39 is 35.8 Å². The van der Waals surface area contributed by atoms with E-state index in [1.165, 1.54) is 4.90 Å². The van der Waals surface area contributed by atoms with Gasteiger partial charge in [0.05, 0.1) is 6.04 Å². The number of carbonyl (C=O) groups is 5. The smallest absolute Gasteiger partial charge is 0.408 e. The first-order valence-corrected chi connectivity index (χ1v) is 13.2. The summed E-state index contributed by atoms with van der Waals surface area (Å²) in [6.45, 7) is 0.525. The molecule has 0 aliphatic heterocycles. The lowest BCUT2D eigenvalue weighted by Gasteiger charge is -2.23. The number of ketones is 1. The molecule has 11 heteroatoms. The molecule has 0 aliphatic rings. The third-order valence-corrected chi connectivity index (χ3v) is 6.07. The number of nitrogens with one attached hydrogen (secondary N) is 3. The Kier molecular flexibility index (Phi) is 13.9. The summed E-state index contributed by atoms with van der Waals surface area (Å²) in [5.74, 6) is -2.59. The summed E-state index contributed by atoms with van der Waals surface area (Å²) in [5, 5.41) is 7.68. The Hall–Kier alpha value is -4.25. The predicted octanol–water partition coefficient (Wildman–Crippen LogP) is 1.65. The van der Waals surface area contributed by atoms with Crippen molar-refractivity contribution in [1.82, 2.24) is 20.9 Å². The average Bonchev–Trinajstić information content (AvgIpc) is 2.96. The van der Waals surface area contributed by atoms with Gasteiger partial charge < -0.3 is 31.3 Å². The normalized spacial score (nSPS) is 12.0. The maximum absolute atomic E-state index is 13.3. The number of nitrogens with zero attached hydrogens (tertiary/aromatic N) is 1. The lowest BCUT2D eigenvalue weighted by Crippen LogP contribution is -2.54. The molecule has 0 heterocycles. The highest BCUT2D eigenvalue weighted by Crippen LogP contribution is 2.08. The predicted molar refractivity (Wildman–Crippen MR) is 150 cm³/mol. The molecule has 0 saturated heterocycles. The number of benzene rings is 2. The van der Waals surface area contributed by atoms with Gasteiger partial charge >= 0.3 is 6.09 Å². The van der Waals surface area contributed by atoms with Gasteiger partial charge in [-0.15, -0.1) is 0 Å². The van der Waals surface area contributed by atoms with Crippen molar-refractivity contribution in [2.75, 3.05) is 20.6 Å². The minimum absolute atomic E-state index is 0.0145. The van der Waals surface area contributed by atoms with Gasteiger partial charge in [-0.2, -0.15) is 0 Å². The molecule has 2 atom stereocenters. The number of rotatable bonds is 16. The second-order valence-electron chi connectivity index (χ2n) is 9.46. The minimum Gasteiger partial charge on any atom is -0.445 e. The topological polar surface area (TPSA) is 160 Å². The average molecular weight is 554 g/mol. The first kappa shape index (κ1) is 32.0. The van der Waals surface area contributed by atoms with Crippen LogP contribution in [0.15, 0.2) is 60.7 Å². The monoisotopic (exact) mass is 553 g/mol. The van der Waals surface area contributed by atoms with Gasteiger partial charge in [0.1, 0.15) is 12.6 Å². The van der Waals surface area contributed by atoms with Gasteiger partial charge in [-0.1, -0.05) is 60.7 Å². The van der Waals surface area contributed by atoms with E-state index in [0.717, 1.165) is 11.1 Å². The Morgan fingerprint density at radius 1 is 0.825 bits per heavy atom. The summed E-state index contributed by atoms with van der Waals surface area (Å²) in [5.41, 5.74) is 7.15. The van der Waals surface area contributed by atoms with E-state index >= 15 is 0 Å². The quantitative estimate of drug-likeness (QED) is 0.182. The zero-order valence-electron chi connectivity index (χ0n) is 23.1. The molecule has 0 bridgehead atoms. The molecule has 216 valence electrons. The number of hydrogen-bond acceptors (Lipinski definition) is 7. The molecule has 0 radical (unpaired) electrons. The Morgan fingerprint density at radius 2 is 1.45 bits per heavy atom. The molecule has 0 unspecified atom stereocenters. The fourth-order valence-corrected chi connectivity index (χ4v) is 3.72. The molecule has 0 spiro atoms. The van der Waals surface area contributed by atoms with Gasteiger partial charge in [-0.3, -0.25) is 19.2 Å². The summed E-state index contributed by atoms with van der Waals surface area (Å²) in [6.07, 6.45) is 0.349. The van der Waals surface area contributed by atoms with Crippen LogP contribution in [0.3, 0.4) is 0 Å². The lowest BCUT2D eigenvalue weighted by molar-refractivity contribution is -0.140. The van der Waals surface area contributed by atoms with E-state index in [4.69, 9.17) is 10.5 Å². The van der Waals surface area contributed by atoms with E-state index in [0.29, 0.717) is 19.4 Å². The first-order valence-electron chi connectivity index (χ1n) is 13.2. The maximum Gasteiger partial charge on any atom is 0.408 e. The summed E-state index contributed by atoms with van der Waals surface area (Å²) < 4.78 is 5.24. The van der Waals surface area contributed by atoms with E-state index in [9.17, 15) is 24.0 Å². The highest BCUT2D eigenvalue weighted by molar-refractivity contribution is 6.38. The molecule has 2 aromatic carbocycles. The fraction of sp³-hybridized carbons (Fsp3) is 0.414. The summed E-state index contributed by atoms with van der Waals surface area (Å²) in [4.78, 5) is 65.0. The highest BCUT2D eigenvalue weighted by atomic mass is 16.5. The lowest BCUT2D eigenvalue weighted by atomic mass is 10.0. The molecule has 5 N–H and O–H groups in total. The molecule has 0 aromatic heterocycles. The van der Waals surface area contributed by atoms with Crippen LogP contribution >= 0.6 is 0 Å². The van der Waals surface area contributed by atoms with Crippen molar-refractivity contribution in [2.24, 2.45) is 5.73 Å². The number of alkyl carbamates (subject to hydrolysis) is 1. The van der Waals surface area contributed by atoms with Crippen LogP contribution in [0, 0.1) is 0 Å². The fourth-order valence-electron chi connectivity index (χ4n) is 3.72. The van der Waals surface area contributed by atoms with Crippen LogP contribution in [-0.4, -0.2) is 67.2 Å². The second kappa shape index (κ2) is 17.4. The van der Waals surface area contributed by atoms with Gasteiger partial charge in [-0.05, 0) is 43.4 Å². The van der Waals surface area contributed by atoms with Gasteiger partial charge in [0.15, 0.2) is 0 Å². The molecule has 4 amide bonds. The molecular weight excluding hydrogens is 514 g/mol. The first-order chi connectivity index (χ1) is 19.2. The summed E-state index contributed by atoms with van der Waals surface area (Å²) in [7, 11) is 3.17. The molecule has 0 saturated carbocycles. The standard InChI is InChI=1S/C29H39N5O6/c1-34(2)25(35)17-16-24(33-29(39)40-20-22-13-7-4-8-14-22)27(37)32-23(15-9-10-18-30)26(36)28(38)31-19-21-11-5-3-6-12-21/h3-8,11-14,23-24H,9-10,15-20,30H2,1-2H3,(H,31,38)(H,32,37)(H,33,39)/t23-,24-/m0/s1. The van der Waals surface area contributed by atoms with E-state index in [-0.39, 0.29) is 38.3 Å². The zero-order chi connectivity index (χ0) is 29.3. The number of ether oxygens (including phenoxy) is 1. The van der Waals surface area contributed by atoms with Crippen LogP contribution in [0.1, 0.15) is 43.2 Å². The molecule has 2 rings (SSSR count). The molecule has 0 aliphatic carbocycles. The number of unbranched alkanes of at least 4 members (excludes halogenated alkanes) is 1. The zero-order valence-corrected chi connectivity index (χ0v) is 23.1. The number of amides is 4. The van der Waals surface area contributed by atoms with Gasteiger partial charge in [0, 0.05) is 27.1 Å². The van der Waals surface area contributed by atoms with Gasteiger partial charge in [-0.25, -0.2) is 4.79 Å². The summed E-state index contributed by atoms with van der Waals surface area (Å²) >= 11 is 0. The third kappa shape index (κ3) is 11.6. The Morgan fingerprint density at radius 3 is 2.05 bits per heavy atom. The molecular formula is C29H39N5O6. The van der Waals surface area contributed by atoms with Crippen molar-refractivity contribution in [3.05, 3.63) is 71.8 Å². The van der Waals surface area contributed by atoms with Crippen LogP contribution < -0.4 is 21.7 Å². The van der Waals surface area contributed by atoms with E-state index in [2.05, 4.69) is 16.0 Å². The maximum atomic E-state index is 13.3.